The Labute approximate surface area is 146 Å². The Morgan fingerprint density at radius 1 is 1.52 bits per heavy atom. The number of benzene rings is 1. The zero-order chi connectivity index (χ0) is 17.6. The van der Waals surface area contributed by atoms with E-state index in [1.807, 2.05) is 38.1 Å². The standard InChI is InChI=1S/C17H23N5O3/c1-12(2)25-9-13-4-3-5-14(8-13)20-17(23)22-6-7-24-10-15(22)16-18-11-19-21-16/h3-5,8,11-12,15H,6-7,9-10H2,1-2H3,(H,20,23)(H,18,19,21)/t15-/m1/s1. The Balaban J connectivity index is 1.67. The number of nitrogens with zero attached hydrogens (tertiary/aromatic N) is 3. The second-order valence-corrected chi connectivity index (χ2v) is 6.15. The van der Waals surface area contributed by atoms with Gasteiger partial charge in [0.05, 0.1) is 25.9 Å². The van der Waals surface area contributed by atoms with Crippen LogP contribution in [0.3, 0.4) is 0 Å². The van der Waals surface area contributed by atoms with E-state index in [1.165, 1.54) is 6.33 Å². The minimum Gasteiger partial charge on any atom is -0.377 e. The van der Waals surface area contributed by atoms with Gasteiger partial charge in [0.2, 0.25) is 0 Å². The average Bonchev–Trinajstić information content (AvgIpc) is 3.15. The van der Waals surface area contributed by atoms with Gasteiger partial charge in [-0.2, -0.15) is 5.10 Å². The van der Waals surface area contributed by atoms with Crippen molar-refractivity contribution in [3.63, 3.8) is 0 Å². The molecular formula is C17H23N5O3. The minimum absolute atomic E-state index is 0.161. The van der Waals surface area contributed by atoms with Gasteiger partial charge < -0.3 is 19.7 Å². The number of morpholine rings is 1. The van der Waals surface area contributed by atoms with E-state index < -0.39 is 0 Å². The quantitative estimate of drug-likeness (QED) is 0.868. The molecule has 134 valence electrons. The number of anilines is 1. The van der Waals surface area contributed by atoms with Crippen LogP contribution in [0.2, 0.25) is 0 Å². The van der Waals surface area contributed by atoms with Crippen molar-refractivity contribution in [2.45, 2.75) is 32.6 Å². The molecule has 0 spiro atoms. The van der Waals surface area contributed by atoms with Crippen molar-refractivity contribution < 1.29 is 14.3 Å². The van der Waals surface area contributed by atoms with Crippen molar-refractivity contribution in [3.05, 3.63) is 42.0 Å². The SMILES string of the molecule is CC(C)OCc1cccc(NC(=O)N2CCOC[C@@H]2c2ncn[nH]2)c1. The fraction of sp³-hybridized carbons (Fsp3) is 0.471. The van der Waals surface area contributed by atoms with Crippen LogP contribution in [0, 0.1) is 0 Å². The Hall–Kier alpha value is -2.45. The lowest BCUT2D eigenvalue weighted by molar-refractivity contribution is 0.0118. The summed E-state index contributed by atoms with van der Waals surface area (Å²) in [6.45, 7) is 5.89. The van der Waals surface area contributed by atoms with Gasteiger partial charge in [-0.3, -0.25) is 5.10 Å². The molecule has 1 atom stereocenters. The molecule has 2 heterocycles. The summed E-state index contributed by atoms with van der Waals surface area (Å²) in [4.78, 5) is 18.6. The predicted molar refractivity (Wildman–Crippen MR) is 92.0 cm³/mol. The second-order valence-electron chi connectivity index (χ2n) is 6.15. The number of aromatic amines is 1. The number of urea groups is 1. The summed E-state index contributed by atoms with van der Waals surface area (Å²) in [5.41, 5.74) is 1.75. The summed E-state index contributed by atoms with van der Waals surface area (Å²) in [5, 5.41) is 9.62. The van der Waals surface area contributed by atoms with Crippen LogP contribution in [0.4, 0.5) is 10.5 Å². The van der Waals surface area contributed by atoms with Crippen LogP contribution < -0.4 is 5.32 Å². The number of rotatable bonds is 5. The van der Waals surface area contributed by atoms with Gasteiger partial charge in [0.1, 0.15) is 18.2 Å². The van der Waals surface area contributed by atoms with Gasteiger partial charge in [0, 0.05) is 12.2 Å². The molecule has 8 nitrogen and oxygen atoms in total. The third kappa shape index (κ3) is 4.55. The molecule has 25 heavy (non-hydrogen) atoms. The Bertz CT molecular complexity index is 689. The highest BCUT2D eigenvalue weighted by atomic mass is 16.5. The predicted octanol–water partition coefficient (Wildman–Crippen LogP) is 2.34. The van der Waals surface area contributed by atoms with Crippen molar-refractivity contribution in [1.29, 1.82) is 0 Å². The van der Waals surface area contributed by atoms with Gasteiger partial charge >= 0.3 is 6.03 Å². The normalized spacial score (nSPS) is 17.7. The van der Waals surface area contributed by atoms with E-state index in [9.17, 15) is 4.79 Å². The maximum absolute atomic E-state index is 12.7. The van der Waals surface area contributed by atoms with E-state index in [0.717, 1.165) is 11.3 Å². The molecular weight excluding hydrogens is 322 g/mol. The fourth-order valence-corrected chi connectivity index (χ4v) is 2.65. The van der Waals surface area contributed by atoms with Crippen LogP contribution in [-0.4, -0.2) is 52.0 Å². The number of nitrogens with one attached hydrogen (secondary N) is 2. The van der Waals surface area contributed by atoms with Gasteiger partial charge in [-0.1, -0.05) is 12.1 Å². The average molecular weight is 345 g/mol. The first kappa shape index (κ1) is 17.4. The molecule has 2 N–H and O–H groups in total. The summed E-state index contributed by atoms with van der Waals surface area (Å²) in [6.07, 6.45) is 1.59. The highest BCUT2D eigenvalue weighted by molar-refractivity contribution is 5.89. The molecule has 1 aromatic heterocycles. The largest absolute Gasteiger partial charge is 0.377 e. The molecule has 2 aromatic rings. The monoisotopic (exact) mass is 345 g/mol. The van der Waals surface area contributed by atoms with Gasteiger partial charge in [0.15, 0.2) is 0 Å². The van der Waals surface area contributed by atoms with E-state index in [1.54, 1.807) is 4.90 Å². The highest BCUT2D eigenvalue weighted by Gasteiger charge is 2.30. The summed E-state index contributed by atoms with van der Waals surface area (Å²) < 4.78 is 11.1. The molecule has 1 aliphatic heterocycles. The zero-order valence-corrected chi connectivity index (χ0v) is 14.4. The number of hydrogen-bond acceptors (Lipinski definition) is 5. The van der Waals surface area contributed by atoms with Crippen LogP contribution in [0.15, 0.2) is 30.6 Å². The summed E-state index contributed by atoms with van der Waals surface area (Å²) in [7, 11) is 0. The van der Waals surface area contributed by atoms with Crippen LogP contribution in [0.5, 0.6) is 0 Å². The number of aromatic nitrogens is 3. The minimum atomic E-state index is -0.274. The Kier molecular flexibility index (Phi) is 5.62. The summed E-state index contributed by atoms with van der Waals surface area (Å²) in [6, 6.07) is 7.20. The molecule has 3 rings (SSSR count). The van der Waals surface area contributed by atoms with Crippen LogP contribution >= 0.6 is 0 Å². The Morgan fingerprint density at radius 3 is 3.16 bits per heavy atom. The zero-order valence-electron chi connectivity index (χ0n) is 14.4. The molecule has 1 fully saturated rings. The van der Waals surface area contributed by atoms with Crippen molar-refractivity contribution in [3.8, 4) is 0 Å². The van der Waals surface area contributed by atoms with Crippen molar-refractivity contribution in [2.24, 2.45) is 0 Å². The lowest BCUT2D eigenvalue weighted by Crippen LogP contribution is -2.45. The van der Waals surface area contributed by atoms with E-state index in [-0.39, 0.29) is 18.2 Å². The summed E-state index contributed by atoms with van der Waals surface area (Å²) in [5.74, 6) is 0.619. The summed E-state index contributed by atoms with van der Waals surface area (Å²) >= 11 is 0. The van der Waals surface area contributed by atoms with Crippen molar-refractivity contribution in [1.82, 2.24) is 20.1 Å². The molecule has 0 radical (unpaired) electrons. The Morgan fingerprint density at radius 2 is 2.40 bits per heavy atom. The van der Waals surface area contributed by atoms with Gasteiger partial charge in [-0.25, -0.2) is 9.78 Å². The number of amides is 2. The van der Waals surface area contributed by atoms with Crippen molar-refractivity contribution in [2.75, 3.05) is 25.1 Å². The lowest BCUT2D eigenvalue weighted by Gasteiger charge is -2.34. The lowest BCUT2D eigenvalue weighted by atomic mass is 10.2. The second kappa shape index (κ2) is 8.09. The van der Waals surface area contributed by atoms with E-state index in [2.05, 4.69) is 20.5 Å². The molecule has 2 amide bonds. The van der Waals surface area contributed by atoms with E-state index in [4.69, 9.17) is 9.47 Å². The van der Waals surface area contributed by atoms with E-state index >= 15 is 0 Å². The fourth-order valence-electron chi connectivity index (χ4n) is 2.65. The molecule has 1 aromatic carbocycles. The molecule has 0 aliphatic carbocycles. The number of hydrogen-bond donors (Lipinski definition) is 2. The number of H-pyrrole nitrogens is 1. The first-order valence-corrected chi connectivity index (χ1v) is 8.34. The van der Waals surface area contributed by atoms with Crippen LogP contribution in [0.25, 0.3) is 0 Å². The molecule has 8 heteroatoms. The topological polar surface area (TPSA) is 92.4 Å². The van der Waals surface area contributed by atoms with Crippen molar-refractivity contribution >= 4 is 11.7 Å². The molecule has 1 aliphatic rings. The van der Waals surface area contributed by atoms with Gasteiger partial charge in [0.25, 0.3) is 0 Å². The third-order valence-electron chi connectivity index (χ3n) is 3.90. The maximum Gasteiger partial charge on any atom is 0.322 e. The first-order chi connectivity index (χ1) is 12.1. The maximum atomic E-state index is 12.7. The molecule has 0 saturated carbocycles. The molecule has 0 bridgehead atoms. The number of carbonyl (C=O) groups is 1. The first-order valence-electron chi connectivity index (χ1n) is 8.34. The van der Waals surface area contributed by atoms with Gasteiger partial charge in [-0.15, -0.1) is 0 Å². The third-order valence-corrected chi connectivity index (χ3v) is 3.90. The van der Waals surface area contributed by atoms with Gasteiger partial charge in [-0.05, 0) is 31.5 Å². The molecule has 1 saturated heterocycles. The molecule has 0 unspecified atom stereocenters. The van der Waals surface area contributed by atoms with E-state index in [0.29, 0.717) is 32.2 Å². The highest BCUT2D eigenvalue weighted by Crippen LogP contribution is 2.22. The smallest absolute Gasteiger partial charge is 0.322 e. The van der Waals surface area contributed by atoms with Crippen LogP contribution in [-0.2, 0) is 16.1 Å². The number of ether oxygens (including phenoxy) is 2. The number of carbonyl (C=O) groups excluding carboxylic acids is 1. The van der Waals surface area contributed by atoms with Crippen LogP contribution in [0.1, 0.15) is 31.3 Å².